The van der Waals surface area contributed by atoms with Crippen molar-refractivity contribution in [1.29, 1.82) is 0 Å². The number of methoxy groups -OCH3 is 1. The van der Waals surface area contributed by atoms with Crippen LogP contribution in [0.25, 0.3) is 0 Å². The lowest BCUT2D eigenvalue weighted by molar-refractivity contribution is -0.121. The van der Waals surface area contributed by atoms with Gasteiger partial charge in [0.15, 0.2) is 11.6 Å². The first-order valence-corrected chi connectivity index (χ1v) is 17.2. The number of nitrogens with zero attached hydrogens (tertiary/aromatic N) is 5. The predicted molar refractivity (Wildman–Crippen MR) is 171 cm³/mol. The molecular weight excluding hydrogens is 648 g/mol. The van der Waals surface area contributed by atoms with Gasteiger partial charge in [-0.15, -0.1) is 0 Å². The molecule has 3 aromatic rings. The number of halogens is 2. The Morgan fingerprint density at radius 1 is 1.02 bits per heavy atom. The lowest BCUT2D eigenvalue weighted by Gasteiger charge is -2.52. The van der Waals surface area contributed by atoms with Crippen LogP contribution in [-0.2, 0) is 14.8 Å². The van der Waals surface area contributed by atoms with Crippen molar-refractivity contribution in [3.8, 4) is 11.6 Å². The van der Waals surface area contributed by atoms with Crippen LogP contribution in [0.3, 0.4) is 0 Å². The van der Waals surface area contributed by atoms with Gasteiger partial charge in [-0.1, -0.05) is 6.07 Å². The third-order valence-electron chi connectivity index (χ3n) is 9.47. The van der Waals surface area contributed by atoms with Crippen molar-refractivity contribution in [2.45, 2.75) is 48.7 Å². The van der Waals surface area contributed by atoms with Gasteiger partial charge in [0, 0.05) is 37.0 Å². The van der Waals surface area contributed by atoms with Gasteiger partial charge in [0.2, 0.25) is 5.88 Å². The highest BCUT2D eigenvalue weighted by molar-refractivity contribution is 7.93. The molecule has 3 atom stereocenters. The summed E-state index contributed by atoms with van der Waals surface area (Å²) in [7, 11) is -1.26. The number of carbonyl (C=O) groups is 2. The third kappa shape index (κ3) is 5.83. The molecule has 12 nitrogen and oxygen atoms in total. The number of carboxylic acid groups (broad SMARTS) is 1. The molecule has 3 unspecified atom stereocenters. The van der Waals surface area contributed by atoms with Crippen LogP contribution in [0, 0.1) is 11.6 Å². The summed E-state index contributed by atoms with van der Waals surface area (Å²) < 4.78 is 69.8. The number of piperazine rings is 1. The van der Waals surface area contributed by atoms with Crippen LogP contribution in [0.15, 0.2) is 59.6 Å². The first-order chi connectivity index (χ1) is 23.0. The number of aromatic nitrogens is 1. The van der Waals surface area contributed by atoms with Gasteiger partial charge in [0.05, 0.1) is 42.3 Å². The number of carbonyl (C=O) groups excluding carboxylic acids is 1. The number of rotatable bonds is 8. The van der Waals surface area contributed by atoms with E-state index < -0.39 is 51.7 Å². The van der Waals surface area contributed by atoms with Crippen LogP contribution in [0.1, 0.15) is 42.9 Å². The molecule has 0 spiro atoms. The van der Waals surface area contributed by atoms with E-state index in [0.29, 0.717) is 28.2 Å². The Kier molecular flexibility index (Phi) is 9.29. The van der Waals surface area contributed by atoms with Gasteiger partial charge in [-0.3, -0.25) is 9.69 Å². The van der Waals surface area contributed by atoms with Gasteiger partial charge in [0.25, 0.3) is 15.9 Å². The number of hydrogen-bond acceptors (Lipinski definition) is 9. The molecular formula is C33H37F2N5O7S. The van der Waals surface area contributed by atoms with Crippen molar-refractivity contribution in [1.82, 2.24) is 19.7 Å². The summed E-state index contributed by atoms with van der Waals surface area (Å²) in [5.41, 5.74) is -0.0108. The molecule has 15 heteroatoms. The van der Waals surface area contributed by atoms with E-state index in [0.717, 1.165) is 36.9 Å². The van der Waals surface area contributed by atoms with Gasteiger partial charge < -0.3 is 24.4 Å². The summed E-state index contributed by atoms with van der Waals surface area (Å²) in [6, 6.07) is 8.03. The van der Waals surface area contributed by atoms with Gasteiger partial charge in [-0.2, -0.15) is 0 Å². The number of fused-ring (bicyclic) bond motifs is 1. The number of amides is 2. The third-order valence-corrected chi connectivity index (χ3v) is 11.2. The summed E-state index contributed by atoms with van der Waals surface area (Å²) in [6.45, 7) is 3.90. The number of sulfonamides is 1. The summed E-state index contributed by atoms with van der Waals surface area (Å²) >= 11 is 0. The average molecular weight is 686 g/mol. The van der Waals surface area contributed by atoms with Crippen LogP contribution >= 0.6 is 0 Å². The maximum absolute atomic E-state index is 15.1. The van der Waals surface area contributed by atoms with Crippen molar-refractivity contribution in [3.63, 3.8) is 0 Å². The number of piperidine rings is 1. The van der Waals surface area contributed by atoms with Crippen molar-refractivity contribution in [2.75, 3.05) is 51.2 Å². The fourth-order valence-electron chi connectivity index (χ4n) is 7.23. The van der Waals surface area contributed by atoms with E-state index in [-0.39, 0.29) is 41.2 Å². The minimum absolute atomic E-state index is 0.0128. The quantitative estimate of drug-likeness (QED) is 0.370. The van der Waals surface area contributed by atoms with E-state index in [9.17, 15) is 27.5 Å². The van der Waals surface area contributed by atoms with E-state index in [1.165, 1.54) is 31.4 Å². The fraction of sp³-hybridized carbons (Fsp3) is 0.424. The largest absolute Gasteiger partial charge is 0.497 e. The van der Waals surface area contributed by atoms with Crippen molar-refractivity contribution in [3.05, 3.63) is 77.5 Å². The molecule has 256 valence electrons. The molecule has 4 heterocycles. The number of benzene rings is 2. The number of anilines is 1. The maximum atomic E-state index is 15.1. The Bertz CT molecular complexity index is 1800. The average Bonchev–Trinajstić information content (AvgIpc) is 3.35. The number of hydrogen-bond donors (Lipinski definition) is 1. The molecule has 2 amide bonds. The second-order valence-electron chi connectivity index (χ2n) is 12.1. The number of pyridine rings is 1. The van der Waals surface area contributed by atoms with Crippen LogP contribution in [0.4, 0.5) is 19.3 Å². The van der Waals surface area contributed by atoms with E-state index in [4.69, 9.17) is 9.47 Å². The lowest BCUT2D eigenvalue weighted by Crippen LogP contribution is -2.62. The number of ether oxygens (including phenoxy) is 2. The molecule has 2 aromatic carbocycles. The zero-order valence-electron chi connectivity index (χ0n) is 26.8. The highest BCUT2D eigenvalue weighted by atomic mass is 32.2. The Morgan fingerprint density at radius 3 is 2.35 bits per heavy atom. The van der Waals surface area contributed by atoms with Crippen molar-refractivity contribution in [2.24, 2.45) is 0 Å². The lowest BCUT2D eigenvalue weighted by atomic mass is 9.80. The molecule has 0 bridgehead atoms. The molecule has 3 aliphatic heterocycles. The van der Waals surface area contributed by atoms with Crippen LogP contribution in [0.2, 0.25) is 0 Å². The first kappa shape index (κ1) is 33.6. The second-order valence-corrected chi connectivity index (χ2v) is 13.9. The highest BCUT2D eigenvalue weighted by Gasteiger charge is 2.56. The summed E-state index contributed by atoms with van der Waals surface area (Å²) in [5.74, 6) is -4.61. The van der Waals surface area contributed by atoms with E-state index in [1.54, 1.807) is 25.3 Å². The molecule has 2 saturated heterocycles. The minimum Gasteiger partial charge on any atom is -0.497 e. The molecule has 6 rings (SSSR count). The van der Waals surface area contributed by atoms with Crippen LogP contribution in [-0.4, -0.2) is 104 Å². The molecule has 0 saturated carbocycles. The predicted octanol–water partition coefficient (Wildman–Crippen LogP) is 4.09. The van der Waals surface area contributed by atoms with Crippen molar-refractivity contribution >= 4 is 27.7 Å². The van der Waals surface area contributed by atoms with E-state index >= 15 is 4.39 Å². The van der Waals surface area contributed by atoms with Crippen LogP contribution < -0.4 is 13.8 Å². The van der Waals surface area contributed by atoms with Gasteiger partial charge in [0.1, 0.15) is 5.75 Å². The van der Waals surface area contributed by atoms with E-state index in [2.05, 4.69) is 14.8 Å². The standard InChI is InChI=1S/C33H37F2N5O7S/c1-4-47-31-23(6-5-13-36-31)29-30(39(33(42)43)17-16-38(29)20-11-14-37(2)15-12-20)28-24-18-25(34)26(35)19-27(24)40(32(28)41)48(44,45)22-9-7-21(46-3)8-10-22/h5-10,13,18-20,28-30H,4,11-12,14-17H2,1-3H3,(H,42,43). The molecule has 0 radical (unpaired) electrons. The van der Waals surface area contributed by atoms with Crippen molar-refractivity contribution < 1.29 is 41.4 Å². The highest BCUT2D eigenvalue weighted by Crippen LogP contribution is 2.50. The topological polar surface area (TPSA) is 133 Å². The zero-order chi connectivity index (χ0) is 34.3. The van der Waals surface area contributed by atoms with Crippen LogP contribution in [0.5, 0.6) is 11.6 Å². The fourth-order valence-corrected chi connectivity index (χ4v) is 8.69. The monoisotopic (exact) mass is 685 g/mol. The summed E-state index contributed by atoms with van der Waals surface area (Å²) in [6.07, 6.45) is 1.70. The molecule has 2 fully saturated rings. The summed E-state index contributed by atoms with van der Waals surface area (Å²) in [4.78, 5) is 37.3. The molecule has 48 heavy (non-hydrogen) atoms. The molecule has 1 aromatic heterocycles. The second kappa shape index (κ2) is 13.3. The van der Waals surface area contributed by atoms with Gasteiger partial charge in [-0.25, -0.2) is 31.3 Å². The van der Waals surface area contributed by atoms with E-state index in [1.807, 2.05) is 7.05 Å². The Labute approximate surface area is 277 Å². The SMILES string of the molecule is CCOc1ncccc1C1C(C2C(=O)N(S(=O)(=O)c3ccc(OC)cc3)c3cc(F)c(F)cc32)N(C(=O)O)CCN1C1CCN(C)CC1. The maximum Gasteiger partial charge on any atom is 0.407 e. The Morgan fingerprint density at radius 2 is 1.71 bits per heavy atom. The first-order valence-electron chi connectivity index (χ1n) is 15.7. The van der Waals surface area contributed by atoms with Gasteiger partial charge in [-0.05, 0) is 81.9 Å². The zero-order valence-corrected chi connectivity index (χ0v) is 27.6. The molecule has 3 aliphatic rings. The Hall–Kier alpha value is -4.34. The number of likely N-dealkylation sites (tertiary alicyclic amines) is 1. The molecule has 1 N–H and O–H groups in total. The summed E-state index contributed by atoms with van der Waals surface area (Å²) in [5, 5.41) is 10.6. The Balaban J connectivity index is 1.56. The smallest absolute Gasteiger partial charge is 0.407 e. The minimum atomic E-state index is -4.69. The normalized spacial score (nSPS) is 22.5. The molecule has 0 aliphatic carbocycles. The van der Waals surface area contributed by atoms with Gasteiger partial charge >= 0.3 is 6.09 Å².